The zero-order valence-corrected chi connectivity index (χ0v) is 13.5. The first-order chi connectivity index (χ1) is 9.95. The van der Waals surface area contributed by atoms with Crippen LogP contribution in [0.1, 0.15) is 37.1 Å². The van der Waals surface area contributed by atoms with Gasteiger partial charge in [0.15, 0.2) is 5.82 Å². The number of aryl methyl sites for hydroxylation is 1. The van der Waals surface area contributed by atoms with Crippen LogP contribution in [0.25, 0.3) is 0 Å². The third kappa shape index (κ3) is 3.15. The fraction of sp³-hybridized carbons (Fsp3) is 0.667. The molecule has 1 aliphatic heterocycles. The molecule has 116 valence electrons. The molecule has 1 aromatic rings. The highest BCUT2D eigenvalue weighted by atomic mass is 15.3. The molecule has 0 aromatic carbocycles. The molecule has 0 aliphatic carbocycles. The molecular formula is C15H26N6. The Bertz CT molecular complexity index is 519. The second-order valence-electron chi connectivity index (χ2n) is 5.80. The van der Waals surface area contributed by atoms with Crippen LogP contribution in [0.3, 0.4) is 0 Å². The van der Waals surface area contributed by atoms with Gasteiger partial charge in [0.05, 0.1) is 11.3 Å². The van der Waals surface area contributed by atoms with Gasteiger partial charge in [-0.2, -0.15) is 5.10 Å². The molecule has 3 N–H and O–H groups in total. The summed E-state index contributed by atoms with van der Waals surface area (Å²) in [5.41, 5.74) is 8.29. The van der Waals surface area contributed by atoms with Crippen molar-refractivity contribution in [3.8, 4) is 0 Å². The lowest BCUT2D eigenvalue weighted by Gasteiger charge is -2.38. The second kappa shape index (κ2) is 6.39. The Morgan fingerprint density at radius 3 is 2.38 bits per heavy atom. The van der Waals surface area contributed by atoms with Gasteiger partial charge in [-0.25, -0.2) is 0 Å². The van der Waals surface area contributed by atoms with Crippen LogP contribution in [0, 0.1) is 19.3 Å². The van der Waals surface area contributed by atoms with Crippen molar-refractivity contribution in [2.75, 3.05) is 31.1 Å². The number of amidine groups is 1. The monoisotopic (exact) mass is 290 g/mol. The SMILES string of the molecule is CCC(C)N1CCN(c2nnc(C)c(C)c2C(=N)N)CC1. The van der Waals surface area contributed by atoms with E-state index in [0.29, 0.717) is 6.04 Å². The van der Waals surface area contributed by atoms with Crippen LogP contribution >= 0.6 is 0 Å². The Morgan fingerprint density at radius 1 is 1.24 bits per heavy atom. The average Bonchev–Trinajstić information content (AvgIpc) is 2.48. The maximum absolute atomic E-state index is 7.84. The molecule has 0 radical (unpaired) electrons. The third-order valence-electron chi connectivity index (χ3n) is 4.53. The van der Waals surface area contributed by atoms with Crippen LogP contribution in [0.5, 0.6) is 0 Å². The first-order valence-electron chi connectivity index (χ1n) is 7.63. The fourth-order valence-electron chi connectivity index (χ4n) is 2.77. The molecule has 1 aliphatic rings. The van der Waals surface area contributed by atoms with Gasteiger partial charge < -0.3 is 10.6 Å². The van der Waals surface area contributed by atoms with E-state index in [-0.39, 0.29) is 5.84 Å². The Labute approximate surface area is 126 Å². The second-order valence-corrected chi connectivity index (χ2v) is 5.80. The van der Waals surface area contributed by atoms with Crippen LogP contribution in [-0.4, -0.2) is 53.2 Å². The first kappa shape index (κ1) is 15.7. The van der Waals surface area contributed by atoms with Gasteiger partial charge in [-0.3, -0.25) is 10.3 Å². The molecule has 1 fully saturated rings. The van der Waals surface area contributed by atoms with E-state index in [1.54, 1.807) is 0 Å². The zero-order chi connectivity index (χ0) is 15.6. The van der Waals surface area contributed by atoms with Crippen molar-refractivity contribution in [2.24, 2.45) is 5.73 Å². The van der Waals surface area contributed by atoms with E-state index in [9.17, 15) is 0 Å². The Balaban J connectivity index is 2.21. The Kier molecular flexibility index (Phi) is 4.77. The quantitative estimate of drug-likeness (QED) is 0.645. The maximum atomic E-state index is 7.84. The van der Waals surface area contributed by atoms with E-state index in [0.717, 1.165) is 48.8 Å². The number of hydrogen-bond acceptors (Lipinski definition) is 5. The largest absolute Gasteiger partial charge is 0.384 e. The molecule has 0 spiro atoms. The van der Waals surface area contributed by atoms with Crippen LogP contribution in [-0.2, 0) is 0 Å². The minimum Gasteiger partial charge on any atom is -0.384 e. The molecule has 6 heteroatoms. The van der Waals surface area contributed by atoms with Gasteiger partial charge in [-0.1, -0.05) is 6.92 Å². The number of piperazine rings is 1. The third-order valence-corrected chi connectivity index (χ3v) is 4.53. The molecule has 2 heterocycles. The van der Waals surface area contributed by atoms with Crippen molar-refractivity contribution in [3.05, 3.63) is 16.8 Å². The Hall–Kier alpha value is -1.69. The van der Waals surface area contributed by atoms with Gasteiger partial charge in [0.25, 0.3) is 0 Å². The fourth-order valence-corrected chi connectivity index (χ4v) is 2.77. The number of aromatic nitrogens is 2. The Morgan fingerprint density at radius 2 is 1.86 bits per heavy atom. The summed E-state index contributed by atoms with van der Waals surface area (Å²) in [4.78, 5) is 4.70. The molecule has 1 saturated heterocycles. The number of anilines is 1. The van der Waals surface area contributed by atoms with Crippen LogP contribution in [0.15, 0.2) is 0 Å². The molecule has 1 atom stereocenters. The maximum Gasteiger partial charge on any atom is 0.162 e. The van der Waals surface area contributed by atoms with Gasteiger partial charge in [0, 0.05) is 32.2 Å². The van der Waals surface area contributed by atoms with Crippen molar-refractivity contribution in [3.63, 3.8) is 0 Å². The molecule has 21 heavy (non-hydrogen) atoms. The van der Waals surface area contributed by atoms with Gasteiger partial charge in [0.1, 0.15) is 5.84 Å². The van der Waals surface area contributed by atoms with E-state index in [1.807, 2.05) is 13.8 Å². The van der Waals surface area contributed by atoms with Gasteiger partial charge in [0.2, 0.25) is 0 Å². The topological polar surface area (TPSA) is 82.1 Å². The van der Waals surface area contributed by atoms with Gasteiger partial charge in [-0.15, -0.1) is 5.10 Å². The standard InChI is InChI=1S/C15H26N6/c1-5-10(2)20-6-8-21(9-7-20)15-13(14(16)17)11(3)12(4)18-19-15/h10H,5-9H2,1-4H3,(H3,16,17). The molecule has 2 rings (SSSR count). The molecule has 1 unspecified atom stereocenters. The van der Waals surface area contributed by atoms with Crippen molar-refractivity contribution in [1.82, 2.24) is 15.1 Å². The van der Waals surface area contributed by atoms with Crippen molar-refractivity contribution >= 4 is 11.7 Å². The number of rotatable bonds is 4. The van der Waals surface area contributed by atoms with Crippen LogP contribution < -0.4 is 10.6 Å². The molecular weight excluding hydrogens is 264 g/mol. The number of nitrogens with zero attached hydrogens (tertiary/aromatic N) is 4. The molecule has 0 amide bonds. The predicted octanol–water partition coefficient (Wildman–Crippen LogP) is 1.30. The minimum atomic E-state index is 0.0739. The highest BCUT2D eigenvalue weighted by Gasteiger charge is 2.25. The summed E-state index contributed by atoms with van der Waals surface area (Å²) in [5.74, 6) is 0.833. The predicted molar refractivity (Wildman–Crippen MR) is 86.1 cm³/mol. The molecule has 0 bridgehead atoms. The highest BCUT2D eigenvalue weighted by Crippen LogP contribution is 2.23. The number of hydrogen-bond donors (Lipinski definition) is 2. The average molecular weight is 290 g/mol. The number of nitrogen functional groups attached to an aromatic ring is 1. The van der Waals surface area contributed by atoms with E-state index >= 15 is 0 Å². The van der Waals surface area contributed by atoms with Crippen molar-refractivity contribution < 1.29 is 0 Å². The van der Waals surface area contributed by atoms with E-state index in [1.165, 1.54) is 6.42 Å². The van der Waals surface area contributed by atoms with Crippen molar-refractivity contribution in [1.29, 1.82) is 5.41 Å². The van der Waals surface area contributed by atoms with E-state index < -0.39 is 0 Å². The van der Waals surface area contributed by atoms with Crippen LogP contribution in [0.2, 0.25) is 0 Å². The van der Waals surface area contributed by atoms with Gasteiger partial charge >= 0.3 is 0 Å². The summed E-state index contributed by atoms with van der Waals surface area (Å²) < 4.78 is 0. The summed E-state index contributed by atoms with van der Waals surface area (Å²) in [5, 5.41) is 16.4. The van der Waals surface area contributed by atoms with Crippen LogP contribution in [0.4, 0.5) is 5.82 Å². The molecule has 0 saturated carbocycles. The summed E-state index contributed by atoms with van der Waals surface area (Å²) in [6, 6.07) is 0.616. The van der Waals surface area contributed by atoms with Gasteiger partial charge in [-0.05, 0) is 32.8 Å². The minimum absolute atomic E-state index is 0.0739. The lowest BCUT2D eigenvalue weighted by atomic mass is 10.1. The number of nitrogens with one attached hydrogen (secondary N) is 1. The molecule has 1 aromatic heterocycles. The lowest BCUT2D eigenvalue weighted by molar-refractivity contribution is 0.192. The molecule has 6 nitrogen and oxygen atoms in total. The van der Waals surface area contributed by atoms with E-state index in [4.69, 9.17) is 11.1 Å². The first-order valence-corrected chi connectivity index (χ1v) is 7.63. The summed E-state index contributed by atoms with van der Waals surface area (Å²) >= 11 is 0. The smallest absolute Gasteiger partial charge is 0.162 e. The van der Waals surface area contributed by atoms with E-state index in [2.05, 4.69) is 33.8 Å². The summed E-state index contributed by atoms with van der Waals surface area (Å²) in [6.45, 7) is 12.2. The van der Waals surface area contributed by atoms with Crippen molar-refractivity contribution in [2.45, 2.75) is 40.2 Å². The normalized spacial score (nSPS) is 17.8. The summed E-state index contributed by atoms with van der Waals surface area (Å²) in [6.07, 6.45) is 1.17. The number of nitrogens with two attached hydrogens (primary N) is 1. The summed E-state index contributed by atoms with van der Waals surface area (Å²) in [7, 11) is 0. The highest BCUT2D eigenvalue weighted by molar-refractivity contribution is 6.01. The zero-order valence-electron chi connectivity index (χ0n) is 13.5. The lowest BCUT2D eigenvalue weighted by Crippen LogP contribution is -2.50.